The number of carbonyl (C=O) groups excluding carboxylic acids is 1. The Morgan fingerprint density at radius 2 is 1.64 bits per heavy atom. The van der Waals surface area contributed by atoms with Gasteiger partial charge in [-0.05, 0) is 118 Å². The summed E-state index contributed by atoms with van der Waals surface area (Å²) < 4.78 is 26.6. The van der Waals surface area contributed by atoms with Crippen LogP contribution in [0.4, 0.5) is 0 Å². The van der Waals surface area contributed by atoms with Crippen molar-refractivity contribution in [2.75, 3.05) is 7.11 Å². The molecule has 0 unspecified atom stereocenters. The van der Waals surface area contributed by atoms with Gasteiger partial charge in [0.1, 0.15) is 24.7 Å². The fourth-order valence-corrected chi connectivity index (χ4v) is 5.50. The third-order valence-corrected chi connectivity index (χ3v) is 9.07. The summed E-state index contributed by atoms with van der Waals surface area (Å²) >= 11 is 13.1. The highest BCUT2D eigenvalue weighted by molar-refractivity contribution is 9.13. The van der Waals surface area contributed by atoms with Crippen molar-refractivity contribution in [3.05, 3.63) is 127 Å². The van der Waals surface area contributed by atoms with E-state index in [1.165, 1.54) is 6.21 Å². The maximum Gasteiger partial charge on any atom is 0.307 e. The van der Waals surface area contributed by atoms with Crippen molar-refractivity contribution < 1.29 is 23.4 Å². The van der Waals surface area contributed by atoms with Gasteiger partial charge in [0, 0.05) is 32.1 Å². The molecule has 1 amide bonds. The Bertz CT molecular complexity index is 1780. The first kappa shape index (κ1) is 31.4. The quantitative estimate of drug-likeness (QED) is 0.108. The molecule has 1 N–H and O–H groups in total. The molecule has 5 rings (SSSR count). The van der Waals surface area contributed by atoms with E-state index in [0.29, 0.717) is 49.1 Å². The van der Waals surface area contributed by atoms with E-state index in [0.717, 1.165) is 22.6 Å². The van der Waals surface area contributed by atoms with Gasteiger partial charge in [0.25, 0.3) is 0 Å². The summed E-state index contributed by atoms with van der Waals surface area (Å²) in [6.45, 7) is 4.63. The van der Waals surface area contributed by atoms with Gasteiger partial charge in [-0.3, -0.25) is 4.79 Å². The van der Waals surface area contributed by atoms with Crippen LogP contribution in [0, 0.1) is 13.8 Å². The monoisotopic (exact) mass is 739 g/mol. The molecule has 0 aliphatic heterocycles. The lowest BCUT2D eigenvalue weighted by Gasteiger charge is -2.15. The number of ether oxygens (including phenoxy) is 3. The van der Waals surface area contributed by atoms with Crippen molar-refractivity contribution >= 4 is 55.6 Å². The predicted octanol–water partition coefficient (Wildman–Crippen LogP) is 8.80. The van der Waals surface area contributed by atoms with E-state index in [4.69, 9.17) is 30.2 Å². The number of hydrogen-bond donors (Lipinski definition) is 1. The van der Waals surface area contributed by atoms with Crippen LogP contribution in [0.25, 0.3) is 5.69 Å². The first-order valence-corrected chi connectivity index (χ1v) is 15.4. The van der Waals surface area contributed by atoms with E-state index in [9.17, 15) is 4.79 Å². The maximum absolute atomic E-state index is 12.7. The van der Waals surface area contributed by atoms with Crippen molar-refractivity contribution in [2.24, 2.45) is 5.10 Å². The SMILES string of the molecule is COc1cc(/C=N/NC(=O)c2ccc(COc3ccc(-n4c(C)ccc4C)cc3)o2)c(Br)c(Br)c1OCc1ccc(Cl)cc1. The largest absolute Gasteiger partial charge is 0.493 e. The Kier molecular flexibility index (Phi) is 10.1. The number of halogens is 3. The third-order valence-electron chi connectivity index (χ3n) is 6.67. The summed E-state index contributed by atoms with van der Waals surface area (Å²) in [4.78, 5) is 12.7. The summed E-state index contributed by atoms with van der Waals surface area (Å²) in [6, 6.07) is 24.4. The standard InChI is InChI=1S/C33H28Br2ClN3O5/c1-20-4-5-21(2)39(20)25-10-12-26(13-11-25)42-19-27-14-15-28(44-27)33(40)38-37-17-23-16-29(41-3)32(31(35)30(23)34)43-18-22-6-8-24(36)9-7-22/h4-17H,18-19H2,1-3H3,(H,38,40)/b37-17+. The number of hydrogen-bond acceptors (Lipinski definition) is 6. The van der Waals surface area contributed by atoms with Gasteiger partial charge in [0.2, 0.25) is 0 Å². The Morgan fingerprint density at radius 1 is 0.932 bits per heavy atom. The fourth-order valence-electron chi connectivity index (χ4n) is 4.44. The molecule has 0 saturated heterocycles. The average molecular weight is 742 g/mol. The van der Waals surface area contributed by atoms with Gasteiger partial charge in [-0.1, -0.05) is 23.7 Å². The van der Waals surface area contributed by atoms with Crippen LogP contribution in [0.5, 0.6) is 17.2 Å². The van der Waals surface area contributed by atoms with Crippen LogP contribution in [0.15, 0.2) is 97.3 Å². The number of methoxy groups -OCH3 is 1. The Balaban J connectivity index is 1.17. The minimum absolute atomic E-state index is 0.110. The molecule has 11 heteroatoms. The van der Waals surface area contributed by atoms with Gasteiger partial charge in [-0.2, -0.15) is 5.10 Å². The summed E-state index contributed by atoms with van der Waals surface area (Å²) in [6.07, 6.45) is 1.49. The summed E-state index contributed by atoms with van der Waals surface area (Å²) in [5.74, 6) is 1.81. The number of carbonyl (C=O) groups is 1. The van der Waals surface area contributed by atoms with Gasteiger partial charge < -0.3 is 23.2 Å². The summed E-state index contributed by atoms with van der Waals surface area (Å²) in [7, 11) is 1.55. The highest BCUT2D eigenvalue weighted by atomic mass is 79.9. The molecule has 0 atom stereocenters. The van der Waals surface area contributed by atoms with Gasteiger partial charge in [0.15, 0.2) is 17.3 Å². The fraction of sp³-hybridized carbons (Fsp3) is 0.152. The number of nitrogens with zero attached hydrogens (tertiary/aromatic N) is 2. The number of rotatable bonds is 11. The van der Waals surface area contributed by atoms with Crippen LogP contribution in [-0.4, -0.2) is 23.8 Å². The van der Waals surface area contributed by atoms with Crippen LogP contribution in [0.2, 0.25) is 5.02 Å². The second-order valence-electron chi connectivity index (χ2n) is 9.74. The number of benzene rings is 3. The van der Waals surface area contributed by atoms with Crippen LogP contribution >= 0.6 is 43.5 Å². The molecule has 2 heterocycles. The number of furan rings is 1. The lowest BCUT2D eigenvalue weighted by molar-refractivity contribution is 0.0923. The van der Waals surface area contributed by atoms with Crippen LogP contribution in [0.3, 0.4) is 0 Å². The Hall–Kier alpha value is -3.99. The number of hydrazone groups is 1. The predicted molar refractivity (Wildman–Crippen MR) is 178 cm³/mol. The number of aryl methyl sites for hydroxylation is 2. The zero-order valence-electron chi connectivity index (χ0n) is 24.1. The zero-order chi connectivity index (χ0) is 31.2. The molecule has 0 fully saturated rings. The van der Waals surface area contributed by atoms with Crippen molar-refractivity contribution in [3.63, 3.8) is 0 Å². The van der Waals surface area contributed by atoms with Crippen molar-refractivity contribution in [1.82, 2.24) is 9.99 Å². The van der Waals surface area contributed by atoms with Crippen LogP contribution in [-0.2, 0) is 13.2 Å². The molecular weight excluding hydrogens is 714 g/mol. The van der Waals surface area contributed by atoms with E-state index in [1.54, 1.807) is 37.4 Å². The first-order valence-electron chi connectivity index (χ1n) is 13.5. The molecule has 44 heavy (non-hydrogen) atoms. The molecule has 0 bridgehead atoms. The molecule has 3 aromatic carbocycles. The Labute approximate surface area is 276 Å². The lowest BCUT2D eigenvalue weighted by Crippen LogP contribution is -2.16. The number of aromatic nitrogens is 1. The van der Waals surface area contributed by atoms with Gasteiger partial charge >= 0.3 is 5.91 Å². The highest BCUT2D eigenvalue weighted by Crippen LogP contribution is 2.42. The molecule has 5 aromatic rings. The molecule has 0 aliphatic rings. The third kappa shape index (κ3) is 7.38. The number of amides is 1. The molecule has 2 aromatic heterocycles. The highest BCUT2D eigenvalue weighted by Gasteiger charge is 2.17. The number of nitrogens with one attached hydrogen (secondary N) is 1. The molecular formula is C33H28Br2ClN3O5. The van der Waals surface area contributed by atoms with Crippen molar-refractivity contribution in [1.29, 1.82) is 0 Å². The van der Waals surface area contributed by atoms with Gasteiger partial charge in [0.05, 0.1) is 17.8 Å². The molecule has 8 nitrogen and oxygen atoms in total. The summed E-state index contributed by atoms with van der Waals surface area (Å²) in [5.41, 5.74) is 7.47. The lowest BCUT2D eigenvalue weighted by atomic mass is 10.2. The molecule has 0 spiro atoms. The van der Waals surface area contributed by atoms with Gasteiger partial charge in [-0.15, -0.1) is 0 Å². The minimum Gasteiger partial charge on any atom is -0.493 e. The molecule has 0 aliphatic carbocycles. The molecule has 0 radical (unpaired) electrons. The maximum atomic E-state index is 12.7. The topological polar surface area (TPSA) is 87.2 Å². The van der Waals surface area contributed by atoms with E-state index in [2.05, 4.69) is 72.9 Å². The van der Waals surface area contributed by atoms with Crippen molar-refractivity contribution in [2.45, 2.75) is 27.1 Å². The second-order valence-corrected chi connectivity index (χ2v) is 11.8. The second kappa shape index (κ2) is 14.2. The van der Waals surface area contributed by atoms with E-state index >= 15 is 0 Å². The van der Waals surface area contributed by atoms with Crippen molar-refractivity contribution in [3.8, 4) is 22.9 Å². The Morgan fingerprint density at radius 3 is 2.32 bits per heavy atom. The van der Waals surface area contributed by atoms with Crippen LogP contribution in [0.1, 0.15) is 38.8 Å². The van der Waals surface area contributed by atoms with E-state index in [1.807, 2.05) is 36.4 Å². The van der Waals surface area contributed by atoms with E-state index < -0.39 is 5.91 Å². The summed E-state index contributed by atoms with van der Waals surface area (Å²) in [5, 5.41) is 4.75. The molecule has 226 valence electrons. The normalized spacial score (nSPS) is 11.1. The smallest absolute Gasteiger partial charge is 0.307 e. The van der Waals surface area contributed by atoms with Gasteiger partial charge in [-0.25, -0.2) is 5.43 Å². The van der Waals surface area contributed by atoms with E-state index in [-0.39, 0.29) is 12.4 Å². The zero-order valence-corrected chi connectivity index (χ0v) is 28.0. The average Bonchev–Trinajstić information content (AvgIpc) is 3.64. The van der Waals surface area contributed by atoms with Crippen LogP contribution < -0.4 is 19.6 Å². The molecule has 0 saturated carbocycles. The minimum atomic E-state index is -0.501. The first-order chi connectivity index (χ1) is 21.2.